The number of unbranched alkanes of at least 4 members (excludes halogenated alkanes) is 4. The molecule has 4 nitrogen and oxygen atoms in total. The van der Waals surface area contributed by atoms with Crippen LogP contribution in [0.5, 0.6) is 0 Å². The van der Waals surface area contributed by atoms with E-state index in [1.54, 1.807) is 5.70 Å². The summed E-state index contributed by atoms with van der Waals surface area (Å²) in [5.41, 5.74) is 3.72. The summed E-state index contributed by atoms with van der Waals surface area (Å²) in [6.45, 7) is 14.1. The van der Waals surface area contributed by atoms with Crippen molar-refractivity contribution >= 4 is 20.0 Å². The first-order chi connectivity index (χ1) is 10.5. The molecule has 0 aromatic rings. The van der Waals surface area contributed by atoms with E-state index in [9.17, 15) is 0 Å². The van der Waals surface area contributed by atoms with E-state index in [1.807, 2.05) is 20.4 Å². The van der Waals surface area contributed by atoms with Gasteiger partial charge < -0.3 is 9.05 Å². The minimum Gasteiger partial charge on any atom is -0.404 e. The molecule has 0 aliphatic rings. The van der Waals surface area contributed by atoms with Crippen molar-refractivity contribution in [3.63, 3.8) is 0 Å². The van der Waals surface area contributed by atoms with E-state index in [2.05, 4.69) is 30.7 Å². The van der Waals surface area contributed by atoms with Crippen molar-refractivity contribution < 1.29 is 9.05 Å². The lowest BCUT2D eigenvalue weighted by molar-refractivity contribution is 0.197. The Morgan fingerprint density at radius 2 is 1.32 bits per heavy atom. The highest BCUT2D eigenvalue weighted by Crippen LogP contribution is 2.12. The normalized spacial score (nSPS) is 15.3. The van der Waals surface area contributed by atoms with Crippen LogP contribution in [-0.4, -0.2) is 20.0 Å². The summed E-state index contributed by atoms with van der Waals surface area (Å²) < 4.78 is 11.3. The zero-order valence-corrected chi connectivity index (χ0v) is 16.2. The van der Waals surface area contributed by atoms with E-state index in [1.165, 1.54) is 25.7 Å². The minimum atomic E-state index is -2.56. The van der Waals surface area contributed by atoms with Gasteiger partial charge in [-0.1, -0.05) is 39.5 Å². The Kier molecular flexibility index (Phi) is 11.8. The summed E-state index contributed by atoms with van der Waals surface area (Å²) in [6.07, 6.45) is 9.10. The molecule has 128 valence electrons. The maximum atomic E-state index is 5.63. The van der Waals surface area contributed by atoms with Crippen LogP contribution in [0.2, 0.25) is 6.55 Å². The molecule has 0 fully saturated rings. The van der Waals surface area contributed by atoms with Gasteiger partial charge in [-0.3, -0.25) is 0 Å². The molecule has 0 saturated carbocycles. The van der Waals surface area contributed by atoms with Crippen LogP contribution in [0.25, 0.3) is 0 Å². The molecule has 0 rings (SSSR count). The second-order valence-electron chi connectivity index (χ2n) is 5.97. The zero-order valence-electron chi connectivity index (χ0n) is 15.2. The smallest absolute Gasteiger partial charge is 0.404 e. The van der Waals surface area contributed by atoms with Gasteiger partial charge in [0, 0.05) is 6.55 Å². The van der Waals surface area contributed by atoms with Crippen molar-refractivity contribution in [3.05, 3.63) is 12.3 Å². The van der Waals surface area contributed by atoms with Crippen molar-refractivity contribution in [2.75, 3.05) is 0 Å². The summed E-state index contributed by atoms with van der Waals surface area (Å²) in [7, 11) is -2.56. The summed E-state index contributed by atoms with van der Waals surface area (Å²) >= 11 is 0. The van der Waals surface area contributed by atoms with Gasteiger partial charge in [0.15, 0.2) is 0 Å². The third kappa shape index (κ3) is 10.6. The molecule has 0 radical (unpaired) electrons. The topological polar surface area (TPSA) is 43.2 Å². The second-order valence-corrected chi connectivity index (χ2v) is 8.78. The monoisotopic (exact) mass is 326 g/mol. The summed E-state index contributed by atoms with van der Waals surface area (Å²) in [4.78, 5) is 0. The Morgan fingerprint density at radius 1 is 0.909 bits per heavy atom. The third-order valence-corrected chi connectivity index (χ3v) is 5.07. The van der Waals surface area contributed by atoms with E-state index < -0.39 is 8.56 Å². The minimum absolute atomic E-state index is 0.967. The predicted molar refractivity (Wildman–Crippen MR) is 98.5 cm³/mol. The quantitative estimate of drug-likeness (QED) is 0.188. The van der Waals surface area contributed by atoms with Crippen molar-refractivity contribution in [2.45, 2.75) is 85.6 Å². The SMILES string of the molecule is C=C[Si](C)(ON=C(C)CCCCC)ON=C(C)CCCCC. The fourth-order valence-corrected chi connectivity index (χ4v) is 2.64. The van der Waals surface area contributed by atoms with Gasteiger partial charge in [0.05, 0.1) is 11.4 Å². The number of nitrogens with zero attached hydrogens (tertiary/aromatic N) is 2. The molecule has 0 bridgehead atoms. The Labute approximate surface area is 137 Å². The number of hydrogen-bond donors (Lipinski definition) is 0. The van der Waals surface area contributed by atoms with Crippen LogP contribution in [0.1, 0.15) is 79.1 Å². The highest BCUT2D eigenvalue weighted by molar-refractivity contribution is 6.71. The molecule has 0 unspecified atom stereocenters. The lowest BCUT2D eigenvalue weighted by Crippen LogP contribution is -2.33. The molecular weight excluding hydrogens is 292 g/mol. The first-order valence-corrected chi connectivity index (χ1v) is 10.9. The molecule has 0 saturated heterocycles. The number of rotatable bonds is 13. The molecule has 0 atom stereocenters. The molecule has 0 N–H and O–H groups in total. The Bertz CT molecular complexity index is 340. The fraction of sp³-hybridized carbons (Fsp3) is 0.765. The molecule has 0 aromatic heterocycles. The molecular formula is C17H34N2O2Si. The average molecular weight is 327 g/mol. The maximum Gasteiger partial charge on any atom is 0.531 e. The molecule has 0 aliphatic carbocycles. The predicted octanol–water partition coefficient (Wildman–Crippen LogP) is 5.73. The zero-order chi connectivity index (χ0) is 16.8. The standard InChI is InChI=1S/C17H34N2O2Si/c1-7-10-12-14-16(4)18-20-22(6,9-3)21-19-17(5)15-13-11-8-2/h9H,3,7-8,10-15H2,1-2,4-6H3. The lowest BCUT2D eigenvalue weighted by atomic mass is 10.1. The number of oxime groups is 2. The van der Waals surface area contributed by atoms with E-state index in [4.69, 9.17) is 9.05 Å². The molecule has 22 heavy (non-hydrogen) atoms. The third-order valence-electron chi connectivity index (χ3n) is 3.42. The van der Waals surface area contributed by atoms with Crippen LogP contribution in [0.15, 0.2) is 22.6 Å². The van der Waals surface area contributed by atoms with Gasteiger partial charge >= 0.3 is 8.56 Å². The highest BCUT2D eigenvalue weighted by atomic mass is 28.4. The first kappa shape index (κ1) is 20.9. The van der Waals surface area contributed by atoms with Crippen LogP contribution in [0.3, 0.4) is 0 Å². The second kappa shape index (κ2) is 12.4. The fourth-order valence-electron chi connectivity index (χ4n) is 1.78. The van der Waals surface area contributed by atoms with Gasteiger partial charge in [-0.15, -0.1) is 16.9 Å². The first-order valence-electron chi connectivity index (χ1n) is 8.54. The van der Waals surface area contributed by atoms with E-state index in [0.29, 0.717) is 0 Å². The molecule has 0 heterocycles. The Hall–Kier alpha value is -1.10. The molecule has 0 aliphatic heterocycles. The van der Waals surface area contributed by atoms with Crippen LogP contribution < -0.4 is 0 Å². The summed E-state index contributed by atoms with van der Waals surface area (Å²) in [5.74, 6) is 0. The maximum absolute atomic E-state index is 5.63. The van der Waals surface area contributed by atoms with Gasteiger partial charge in [-0.05, 0) is 45.2 Å². The lowest BCUT2D eigenvalue weighted by Gasteiger charge is -2.18. The molecule has 0 aromatic carbocycles. The molecule has 0 amide bonds. The van der Waals surface area contributed by atoms with Gasteiger partial charge in [-0.25, -0.2) is 0 Å². The molecule has 0 spiro atoms. The highest BCUT2D eigenvalue weighted by Gasteiger charge is 2.33. The van der Waals surface area contributed by atoms with Gasteiger partial charge in [0.2, 0.25) is 0 Å². The van der Waals surface area contributed by atoms with Crippen molar-refractivity contribution in [1.82, 2.24) is 0 Å². The van der Waals surface area contributed by atoms with Crippen LogP contribution in [0, 0.1) is 0 Å². The Morgan fingerprint density at radius 3 is 1.64 bits per heavy atom. The van der Waals surface area contributed by atoms with Gasteiger partial charge in [-0.2, -0.15) is 0 Å². The van der Waals surface area contributed by atoms with E-state index >= 15 is 0 Å². The van der Waals surface area contributed by atoms with Gasteiger partial charge in [0.1, 0.15) is 0 Å². The van der Waals surface area contributed by atoms with E-state index in [0.717, 1.165) is 37.1 Å². The Balaban J connectivity index is 4.35. The van der Waals surface area contributed by atoms with Crippen LogP contribution in [-0.2, 0) is 9.05 Å². The van der Waals surface area contributed by atoms with Crippen LogP contribution >= 0.6 is 0 Å². The summed E-state index contributed by atoms with van der Waals surface area (Å²) in [6, 6.07) is 0. The number of hydrogen-bond acceptors (Lipinski definition) is 4. The largest absolute Gasteiger partial charge is 0.531 e. The molecule has 5 heteroatoms. The summed E-state index contributed by atoms with van der Waals surface area (Å²) in [5, 5.41) is 8.41. The average Bonchev–Trinajstić information content (AvgIpc) is 2.51. The van der Waals surface area contributed by atoms with Crippen molar-refractivity contribution in [1.29, 1.82) is 0 Å². The van der Waals surface area contributed by atoms with E-state index in [-0.39, 0.29) is 0 Å². The van der Waals surface area contributed by atoms with Gasteiger partial charge in [0.25, 0.3) is 0 Å². The van der Waals surface area contributed by atoms with Crippen molar-refractivity contribution in [3.8, 4) is 0 Å². The van der Waals surface area contributed by atoms with Crippen molar-refractivity contribution in [2.24, 2.45) is 10.3 Å². The van der Waals surface area contributed by atoms with Crippen LogP contribution in [0.4, 0.5) is 0 Å².